The van der Waals surface area contributed by atoms with Crippen molar-refractivity contribution in [3.8, 4) is 11.5 Å². The fourth-order valence-corrected chi connectivity index (χ4v) is 2.79. The lowest BCUT2D eigenvalue weighted by Gasteiger charge is -2.08. The zero-order chi connectivity index (χ0) is 16.4. The largest absolute Gasteiger partial charge is 0.454 e. The number of alkyl halides is 2. The number of hydrogen-bond acceptors (Lipinski definition) is 4. The summed E-state index contributed by atoms with van der Waals surface area (Å²) in [4.78, 5) is 12.7. The van der Waals surface area contributed by atoms with Crippen LogP contribution in [-0.2, 0) is 0 Å². The number of benzene rings is 2. The Hall–Kier alpha value is -1.99. The number of carbonyl (C=O) groups excluding carboxylic acids is 1. The van der Waals surface area contributed by atoms with E-state index in [1.807, 2.05) is 0 Å². The monoisotopic (exact) mass is 357 g/mol. The van der Waals surface area contributed by atoms with Crippen molar-refractivity contribution in [2.75, 3.05) is 12.1 Å². The van der Waals surface area contributed by atoms with Gasteiger partial charge in [-0.3, -0.25) is 4.79 Å². The van der Waals surface area contributed by atoms with Crippen LogP contribution in [0.1, 0.15) is 10.4 Å². The van der Waals surface area contributed by atoms with Gasteiger partial charge in [-0.2, -0.15) is 8.78 Å². The molecule has 2 aromatic carbocycles. The summed E-state index contributed by atoms with van der Waals surface area (Å²) in [6, 6.07) is 9.14. The van der Waals surface area contributed by atoms with Crippen molar-refractivity contribution in [2.45, 2.75) is 10.7 Å². The Bertz CT molecular complexity index is 740. The highest BCUT2D eigenvalue weighted by atomic mass is 35.5. The lowest BCUT2D eigenvalue weighted by Crippen LogP contribution is -2.11. The summed E-state index contributed by atoms with van der Waals surface area (Å²) < 4.78 is 34.9. The number of anilines is 1. The number of rotatable bonds is 4. The molecule has 23 heavy (non-hydrogen) atoms. The molecule has 0 radical (unpaired) electrons. The maximum Gasteiger partial charge on any atom is 0.288 e. The van der Waals surface area contributed by atoms with Crippen LogP contribution >= 0.6 is 23.4 Å². The van der Waals surface area contributed by atoms with Gasteiger partial charge in [0.15, 0.2) is 11.5 Å². The molecule has 0 saturated heterocycles. The van der Waals surface area contributed by atoms with Crippen LogP contribution in [0, 0.1) is 0 Å². The molecule has 2 aromatic rings. The molecule has 1 N–H and O–H groups in total. The molecule has 0 unspecified atom stereocenters. The number of fused-ring (bicyclic) bond motifs is 1. The van der Waals surface area contributed by atoms with Crippen molar-refractivity contribution in [3.05, 3.63) is 47.0 Å². The maximum absolute atomic E-state index is 12.3. The number of hydrogen-bond donors (Lipinski definition) is 1. The van der Waals surface area contributed by atoms with Gasteiger partial charge in [0.2, 0.25) is 6.79 Å². The molecule has 1 heterocycles. The first kappa shape index (κ1) is 15.9. The summed E-state index contributed by atoms with van der Waals surface area (Å²) in [6.45, 7) is 0.0589. The van der Waals surface area contributed by atoms with Crippen LogP contribution in [0.2, 0.25) is 5.02 Å². The van der Waals surface area contributed by atoms with Crippen molar-refractivity contribution in [3.63, 3.8) is 0 Å². The van der Waals surface area contributed by atoms with Crippen LogP contribution in [0.25, 0.3) is 0 Å². The standard InChI is InChI=1S/C15H10ClF2NO3S/c16-11-5-8(6-12-13(11)22-7-21-12)14(20)19-9-1-3-10(4-2-9)23-15(17)18/h1-6,15H,7H2,(H,19,20). The smallest absolute Gasteiger partial charge is 0.288 e. The molecule has 0 aromatic heterocycles. The van der Waals surface area contributed by atoms with Crippen LogP contribution in [0.3, 0.4) is 0 Å². The summed E-state index contributed by atoms with van der Waals surface area (Å²) in [5.41, 5.74) is 0.799. The average molecular weight is 358 g/mol. The summed E-state index contributed by atoms with van der Waals surface area (Å²) in [6.07, 6.45) is 0. The molecule has 8 heteroatoms. The highest BCUT2D eigenvalue weighted by molar-refractivity contribution is 7.99. The van der Waals surface area contributed by atoms with Crippen LogP contribution in [0.4, 0.5) is 14.5 Å². The third kappa shape index (κ3) is 3.68. The molecule has 1 amide bonds. The van der Waals surface area contributed by atoms with Crippen LogP contribution in [0.5, 0.6) is 11.5 Å². The van der Waals surface area contributed by atoms with Crippen LogP contribution in [-0.4, -0.2) is 18.5 Å². The minimum absolute atomic E-state index is 0.0589. The first-order valence-corrected chi connectivity index (χ1v) is 7.74. The molecule has 3 rings (SSSR count). The van der Waals surface area contributed by atoms with Crippen molar-refractivity contribution in [2.24, 2.45) is 0 Å². The van der Waals surface area contributed by atoms with Crippen LogP contribution in [0.15, 0.2) is 41.3 Å². The van der Waals surface area contributed by atoms with E-state index in [-0.39, 0.29) is 17.7 Å². The zero-order valence-corrected chi connectivity index (χ0v) is 13.1. The Balaban J connectivity index is 1.73. The van der Waals surface area contributed by atoms with Gasteiger partial charge >= 0.3 is 0 Å². The van der Waals surface area contributed by atoms with Crippen molar-refractivity contribution in [1.29, 1.82) is 0 Å². The normalized spacial score (nSPS) is 12.5. The minimum Gasteiger partial charge on any atom is -0.454 e. The van der Waals surface area contributed by atoms with Crippen molar-refractivity contribution >= 4 is 35.0 Å². The second kappa shape index (κ2) is 6.64. The molecule has 0 fully saturated rings. The van der Waals surface area contributed by atoms with Gasteiger partial charge in [-0.15, -0.1) is 0 Å². The van der Waals surface area contributed by atoms with Gasteiger partial charge in [0.05, 0.1) is 5.02 Å². The lowest BCUT2D eigenvalue weighted by atomic mass is 10.2. The number of carbonyl (C=O) groups is 1. The molecular formula is C15H10ClF2NO3S. The van der Waals surface area contributed by atoms with E-state index in [1.165, 1.54) is 24.3 Å². The minimum atomic E-state index is -2.48. The van der Waals surface area contributed by atoms with E-state index in [4.69, 9.17) is 21.1 Å². The van der Waals surface area contributed by atoms with Crippen molar-refractivity contribution in [1.82, 2.24) is 0 Å². The van der Waals surface area contributed by atoms with Gasteiger partial charge in [-0.05, 0) is 36.4 Å². The third-order valence-corrected chi connectivity index (χ3v) is 4.03. The first-order valence-electron chi connectivity index (χ1n) is 6.48. The SMILES string of the molecule is O=C(Nc1ccc(SC(F)F)cc1)c1cc(Cl)c2c(c1)OCO2. The predicted octanol–water partition coefficient (Wildman–Crippen LogP) is 4.64. The highest BCUT2D eigenvalue weighted by Gasteiger charge is 2.20. The van der Waals surface area contributed by atoms with E-state index in [0.717, 1.165) is 0 Å². The van der Waals surface area contributed by atoms with Gasteiger partial charge in [0.1, 0.15) is 0 Å². The Labute approximate surface area is 139 Å². The zero-order valence-electron chi connectivity index (χ0n) is 11.5. The van der Waals surface area contributed by atoms with Crippen molar-refractivity contribution < 1.29 is 23.0 Å². The second-order valence-electron chi connectivity index (χ2n) is 4.55. The van der Waals surface area contributed by atoms with Gasteiger partial charge in [-0.25, -0.2) is 0 Å². The van der Waals surface area contributed by atoms with Crippen LogP contribution < -0.4 is 14.8 Å². The summed E-state index contributed by atoms with van der Waals surface area (Å²) in [5.74, 6) is -2.05. The van der Waals surface area contributed by atoms with Gasteiger partial charge in [0.25, 0.3) is 11.7 Å². The van der Waals surface area contributed by atoms with E-state index >= 15 is 0 Å². The van der Waals surface area contributed by atoms with E-state index < -0.39 is 5.76 Å². The van der Waals surface area contributed by atoms with Gasteiger partial charge < -0.3 is 14.8 Å². The lowest BCUT2D eigenvalue weighted by molar-refractivity contribution is 0.102. The summed E-state index contributed by atoms with van der Waals surface area (Å²) >= 11 is 6.48. The predicted molar refractivity (Wildman–Crippen MR) is 83.8 cm³/mol. The second-order valence-corrected chi connectivity index (χ2v) is 6.02. The molecule has 0 spiro atoms. The third-order valence-electron chi connectivity index (χ3n) is 3.03. The molecule has 1 aliphatic rings. The van der Waals surface area contributed by atoms with E-state index in [9.17, 15) is 13.6 Å². The molecule has 4 nitrogen and oxygen atoms in total. The fourth-order valence-electron chi connectivity index (χ4n) is 2.02. The molecule has 0 aliphatic carbocycles. The Morgan fingerprint density at radius 1 is 1.22 bits per heavy atom. The molecule has 0 saturated carbocycles. The molecule has 0 atom stereocenters. The molecule has 0 bridgehead atoms. The topological polar surface area (TPSA) is 47.6 Å². The number of halogens is 3. The Kier molecular flexibility index (Phi) is 4.58. The molecular weight excluding hydrogens is 348 g/mol. The molecule has 120 valence electrons. The van der Waals surface area contributed by atoms with E-state index in [2.05, 4.69) is 5.32 Å². The number of nitrogens with one attached hydrogen (secondary N) is 1. The molecule has 1 aliphatic heterocycles. The Morgan fingerprint density at radius 3 is 2.65 bits per heavy atom. The fraction of sp³-hybridized carbons (Fsp3) is 0.133. The number of ether oxygens (including phenoxy) is 2. The van der Waals surface area contributed by atoms with Gasteiger partial charge in [0, 0.05) is 16.1 Å². The van der Waals surface area contributed by atoms with Gasteiger partial charge in [-0.1, -0.05) is 23.4 Å². The number of amides is 1. The highest BCUT2D eigenvalue weighted by Crippen LogP contribution is 2.39. The quantitative estimate of drug-likeness (QED) is 0.810. The maximum atomic E-state index is 12.3. The van der Waals surface area contributed by atoms with E-state index in [1.54, 1.807) is 12.1 Å². The Morgan fingerprint density at radius 2 is 1.96 bits per heavy atom. The van der Waals surface area contributed by atoms with E-state index in [0.29, 0.717) is 39.4 Å². The summed E-state index contributed by atoms with van der Waals surface area (Å²) in [7, 11) is 0. The summed E-state index contributed by atoms with van der Waals surface area (Å²) in [5, 5.41) is 2.95. The number of thioether (sulfide) groups is 1. The average Bonchev–Trinajstić information content (AvgIpc) is 2.97. The first-order chi connectivity index (χ1) is 11.0.